The third-order valence-electron chi connectivity index (χ3n) is 3.43. The molecular weight excluding hydrogens is 248 g/mol. The van der Waals surface area contributed by atoms with E-state index in [2.05, 4.69) is 66.7 Å². The van der Waals surface area contributed by atoms with Crippen LogP contribution < -0.4 is 0 Å². The molecule has 1 heterocycles. The maximum atomic E-state index is 3.17. The van der Waals surface area contributed by atoms with Crippen molar-refractivity contribution in [1.82, 2.24) is 0 Å². The summed E-state index contributed by atoms with van der Waals surface area (Å²) in [7, 11) is 0. The van der Waals surface area contributed by atoms with Gasteiger partial charge in [-0.1, -0.05) is 54.6 Å². The highest BCUT2D eigenvalue weighted by Gasteiger charge is 2.09. The average molecular weight is 259 g/mol. The van der Waals surface area contributed by atoms with Crippen LogP contribution in [0.1, 0.15) is 0 Å². The van der Waals surface area contributed by atoms with E-state index in [4.69, 9.17) is 0 Å². The van der Waals surface area contributed by atoms with E-state index >= 15 is 0 Å². The normalized spacial score (nSPS) is 11.2. The van der Waals surface area contributed by atoms with Gasteiger partial charge < -0.3 is 0 Å². The fraction of sp³-hybridized carbons (Fsp3) is 0. The van der Waals surface area contributed by atoms with Crippen LogP contribution >= 0.6 is 11.3 Å². The molecule has 0 atom stereocenters. The van der Waals surface area contributed by atoms with Gasteiger partial charge in [-0.3, -0.25) is 0 Å². The summed E-state index contributed by atoms with van der Waals surface area (Å²) < 4.78 is 2.65. The van der Waals surface area contributed by atoms with E-state index in [0.717, 1.165) is 0 Å². The first-order valence-corrected chi connectivity index (χ1v) is 7.12. The Hall–Kier alpha value is -2.12. The van der Waals surface area contributed by atoms with Crippen LogP contribution in [-0.2, 0) is 0 Å². The summed E-state index contributed by atoms with van der Waals surface area (Å²) in [6, 6.07) is 26.6. The SMILES string of the molecule is [c]1ccc2c(c1)sc1cccc(-c3ccccc3)c12. The zero-order valence-corrected chi connectivity index (χ0v) is 11.1. The largest absolute Gasteiger partial charge is 0.135 e. The Labute approximate surface area is 115 Å². The maximum Gasteiger partial charge on any atom is 0.0361 e. The van der Waals surface area contributed by atoms with Gasteiger partial charge in [-0.15, -0.1) is 11.3 Å². The Balaban J connectivity index is 2.17. The Morgan fingerprint density at radius 2 is 1.68 bits per heavy atom. The average Bonchev–Trinajstić information content (AvgIpc) is 2.86. The molecule has 4 rings (SSSR count). The van der Waals surface area contributed by atoms with Gasteiger partial charge in [0.2, 0.25) is 0 Å². The molecule has 1 radical (unpaired) electrons. The molecule has 0 aliphatic heterocycles. The van der Waals surface area contributed by atoms with Gasteiger partial charge in [0.05, 0.1) is 0 Å². The highest BCUT2D eigenvalue weighted by Crippen LogP contribution is 2.39. The third kappa shape index (κ3) is 1.66. The summed E-state index contributed by atoms with van der Waals surface area (Å²) >= 11 is 1.84. The lowest BCUT2D eigenvalue weighted by Gasteiger charge is -2.04. The second-order valence-electron chi connectivity index (χ2n) is 4.57. The molecule has 19 heavy (non-hydrogen) atoms. The fourth-order valence-electron chi connectivity index (χ4n) is 2.58. The summed E-state index contributed by atoms with van der Waals surface area (Å²) in [4.78, 5) is 0. The predicted molar refractivity (Wildman–Crippen MR) is 83.6 cm³/mol. The van der Waals surface area contributed by atoms with Crippen molar-refractivity contribution in [3.05, 3.63) is 72.8 Å². The number of hydrogen-bond acceptors (Lipinski definition) is 1. The lowest BCUT2D eigenvalue weighted by molar-refractivity contribution is 1.67. The number of rotatable bonds is 1. The van der Waals surface area contributed by atoms with Gasteiger partial charge in [0.1, 0.15) is 0 Å². The zero-order chi connectivity index (χ0) is 12.7. The van der Waals surface area contributed by atoms with Crippen LogP contribution in [0.5, 0.6) is 0 Å². The molecule has 0 aliphatic carbocycles. The lowest BCUT2D eigenvalue weighted by atomic mass is 10.00. The Morgan fingerprint density at radius 3 is 2.58 bits per heavy atom. The van der Waals surface area contributed by atoms with Gasteiger partial charge in [-0.05, 0) is 29.3 Å². The van der Waals surface area contributed by atoms with E-state index in [1.807, 2.05) is 17.4 Å². The molecule has 0 saturated carbocycles. The molecule has 0 fully saturated rings. The molecule has 0 bridgehead atoms. The fourth-order valence-corrected chi connectivity index (χ4v) is 3.69. The minimum Gasteiger partial charge on any atom is -0.135 e. The number of hydrogen-bond donors (Lipinski definition) is 0. The smallest absolute Gasteiger partial charge is 0.0361 e. The van der Waals surface area contributed by atoms with Gasteiger partial charge >= 0.3 is 0 Å². The predicted octanol–water partition coefficient (Wildman–Crippen LogP) is 5.52. The number of benzene rings is 3. The Kier molecular flexibility index (Phi) is 2.39. The molecule has 89 valence electrons. The van der Waals surface area contributed by atoms with Crippen LogP contribution in [0.25, 0.3) is 31.3 Å². The Morgan fingerprint density at radius 1 is 0.789 bits per heavy atom. The number of fused-ring (bicyclic) bond motifs is 3. The van der Waals surface area contributed by atoms with Gasteiger partial charge in [0.25, 0.3) is 0 Å². The first-order chi connectivity index (χ1) is 9.43. The van der Waals surface area contributed by atoms with Gasteiger partial charge in [-0.2, -0.15) is 0 Å². The van der Waals surface area contributed by atoms with Crippen molar-refractivity contribution >= 4 is 31.5 Å². The van der Waals surface area contributed by atoms with E-state index in [1.54, 1.807) is 0 Å². The maximum absolute atomic E-state index is 3.17. The van der Waals surface area contributed by atoms with Crippen LogP contribution in [0, 0.1) is 6.07 Å². The van der Waals surface area contributed by atoms with Crippen molar-refractivity contribution < 1.29 is 0 Å². The topological polar surface area (TPSA) is 0 Å². The van der Waals surface area contributed by atoms with E-state index in [9.17, 15) is 0 Å². The summed E-state index contributed by atoms with van der Waals surface area (Å²) in [5, 5.41) is 2.70. The van der Waals surface area contributed by atoms with E-state index in [-0.39, 0.29) is 0 Å². The van der Waals surface area contributed by atoms with Crippen LogP contribution in [0.15, 0.2) is 66.7 Å². The highest BCUT2D eigenvalue weighted by molar-refractivity contribution is 7.25. The molecular formula is C18H11S. The molecule has 0 saturated heterocycles. The molecule has 1 aromatic heterocycles. The minimum absolute atomic E-state index is 1.28. The first kappa shape index (κ1) is 10.8. The highest BCUT2D eigenvalue weighted by atomic mass is 32.1. The van der Waals surface area contributed by atoms with Crippen LogP contribution in [-0.4, -0.2) is 0 Å². The van der Waals surface area contributed by atoms with E-state index in [1.165, 1.54) is 31.3 Å². The van der Waals surface area contributed by atoms with Crippen LogP contribution in [0.3, 0.4) is 0 Å². The summed E-state index contributed by atoms with van der Waals surface area (Å²) in [5.74, 6) is 0. The molecule has 0 N–H and O–H groups in total. The van der Waals surface area contributed by atoms with Gasteiger partial charge in [0, 0.05) is 20.2 Å². The van der Waals surface area contributed by atoms with Crippen molar-refractivity contribution in [1.29, 1.82) is 0 Å². The third-order valence-corrected chi connectivity index (χ3v) is 4.54. The van der Waals surface area contributed by atoms with Crippen molar-refractivity contribution in [2.75, 3.05) is 0 Å². The molecule has 0 spiro atoms. The lowest BCUT2D eigenvalue weighted by Crippen LogP contribution is -1.78. The molecule has 1 heteroatoms. The van der Waals surface area contributed by atoms with Crippen molar-refractivity contribution in [2.24, 2.45) is 0 Å². The second kappa shape index (κ2) is 4.22. The standard InChI is InChI=1S/C18H11S/c1-2-7-13(8-3-1)14-10-6-12-17-18(14)15-9-4-5-11-16(15)19-17/h1-4,6-12H. The summed E-state index contributed by atoms with van der Waals surface area (Å²) in [5.41, 5.74) is 2.59. The first-order valence-electron chi connectivity index (χ1n) is 6.30. The summed E-state index contributed by atoms with van der Waals surface area (Å²) in [6.45, 7) is 0. The van der Waals surface area contributed by atoms with Crippen molar-refractivity contribution in [3.8, 4) is 11.1 Å². The van der Waals surface area contributed by atoms with Crippen molar-refractivity contribution in [3.63, 3.8) is 0 Å². The summed E-state index contributed by atoms with van der Waals surface area (Å²) in [6.07, 6.45) is 0. The van der Waals surface area contributed by atoms with Crippen LogP contribution in [0.4, 0.5) is 0 Å². The molecule has 3 aromatic carbocycles. The second-order valence-corrected chi connectivity index (χ2v) is 5.65. The van der Waals surface area contributed by atoms with Crippen LogP contribution in [0.2, 0.25) is 0 Å². The van der Waals surface area contributed by atoms with Crippen molar-refractivity contribution in [2.45, 2.75) is 0 Å². The van der Waals surface area contributed by atoms with Gasteiger partial charge in [0.15, 0.2) is 0 Å². The Bertz CT molecular complexity index is 857. The zero-order valence-electron chi connectivity index (χ0n) is 10.3. The van der Waals surface area contributed by atoms with E-state index < -0.39 is 0 Å². The quantitative estimate of drug-likeness (QED) is 0.422. The minimum atomic E-state index is 1.28. The molecule has 0 amide bonds. The molecule has 0 unspecified atom stereocenters. The monoisotopic (exact) mass is 259 g/mol. The molecule has 0 aliphatic rings. The van der Waals surface area contributed by atoms with Gasteiger partial charge in [-0.25, -0.2) is 0 Å². The number of thiophene rings is 1. The molecule has 0 nitrogen and oxygen atoms in total. The molecule has 4 aromatic rings. The van der Waals surface area contributed by atoms with E-state index in [0.29, 0.717) is 0 Å².